The molecule has 0 spiro atoms. The van der Waals surface area contributed by atoms with Crippen LogP contribution in [-0.2, 0) is 0 Å². The van der Waals surface area contributed by atoms with Crippen LogP contribution in [0.4, 0.5) is 11.5 Å². The van der Waals surface area contributed by atoms with Crippen molar-refractivity contribution in [3.63, 3.8) is 0 Å². The molecule has 1 aromatic rings. The SMILES string of the molecule is CCN(CC1CCCCN1)c1ncc([N+](=O)[O-])cc1C. The van der Waals surface area contributed by atoms with Crippen LogP contribution in [0.1, 0.15) is 31.7 Å². The molecule has 110 valence electrons. The second-order valence-corrected chi connectivity index (χ2v) is 5.28. The Bertz CT molecular complexity index is 472. The summed E-state index contributed by atoms with van der Waals surface area (Å²) in [5, 5.41) is 14.3. The standard InChI is InChI=1S/C14H22N4O2/c1-3-17(10-12-6-4-5-7-15-12)14-11(2)8-13(9-16-14)18(19)20/h8-9,12,15H,3-7,10H2,1-2H3. The first-order chi connectivity index (χ1) is 9.61. The van der Waals surface area contributed by atoms with Crippen molar-refractivity contribution in [1.29, 1.82) is 0 Å². The van der Waals surface area contributed by atoms with Gasteiger partial charge < -0.3 is 10.2 Å². The fourth-order valence-corrected chi connectivity index (χ4v) is 2.69. The minimum Gasteiger partial charge on any atom is -0.355 e. The van der Waals surface area contributed by atoms with Gasteiger partial charge in [-0.3, -0.25) is 10.1 Å². The summed E-state index contributed by atoms with van der Waals surface area (Å²) in [4.78, 5) is 16.9. The van der Waals surface area contributed by atoms with Gasteiger partial charge in [-0.15, -0.1) is 0 Å². The number of hydrogen-bond donors (Lipinski definition) is 1. The van der Waals surface area contributed by atoms with E-state index >= 15 is 0 Å². The molecule has 1 atom stereocenters. The van der Waals surface area contributed by atoms with Crippen molar-refractivity contribution in [1.82, 2.24) is 10.3 Å². The van der Waals surface area contributed by atoms with Crippen molar-refractivity contribution in [2.45, 2.75) is 39.2 Å². The van der Waals surface area contributed by atoms with Crippen LogP contribution in [0.2, 0.25) is 0 Å². The third-order valence-electron chi connectivity index (χ3n) is 3.78. The van der Waals surface area contributed by atoms with E-state index in [1.807, 2.05) is 6.92 Å². The molecule has 20 heavy (non-hydrogen) atoms. The van der Waals surface area contributed by atoms with E-state index in [1.165, 1.54) is 25.5 Å². The molecule has 0 amide bonds. The number of pyridine rings is 1. The Morgan fingerprint density at radius 3 is 2.90 bits per heavy atom. The molecule has 1 saturated heterocycles. The molecule has 0 aliphatic carbocycles. The number of hydrogen-bond acceptors (Lipinski definition) is 5. The Kier molecular flexibility index (Phi) is 4.89. The molecular weight excluding hydrogens is 256 g/mol. The smallest absolute Gasteiger partial charge is 0.287 e. The minimum atomic E-state index is -0.400. The van der Waals surface area contributed by atoms with Crippen molar-refractivity contribution in [3.05, 3.63) is 27.9 Å². The van der Waals surface area contributed by atoms with Crippen LogP contribution >= 0.6 is 0 Å². The van der Waals surface area contributed by atoms with Gasteiger partial charge in [0.25, 0.3) is 5.69 Å². The molecule has 1 unspecified atom stereocenters. The van der Waals surface area contributed by atoms with E-state index in [2.05, 4.69) is 22.1 Å². The van der Waals surface area contributed by atoms with E-state index < -0.39 is 4.92 Å². The molecule has 0 bridgehead atoms. The van der Waals surface area contributed by atoms with Crippen molar-refractivity contribution in [2.24, 2.45) is 0 Å². The minimum absolute atomic E-state index is 0.0538. The maximum atomic E-state index is 10.8. The van der Waals surface area contributed by atoms with Crippen molar-refractivity contribution in [2.75, 3.05) is 24.5 Å². The largest absolute Gasteiger partial charge is 0.355 e. The molecule has 2 heterocycles. The van der Waals surface area contributed by atoms with Crippen LogP contribution in [0.5, 0.6) is 0 Å². The van der Waals surface area contributed by atoms with Crippen LogP contribution in [0.15, 0.2) is 12.3 Å². The van der Waals surface area contributed by atoms with Crippen LogP contribution in [-0.4, -0.2) is 35.6 Å². The van der Waals surface area contributed by atoms with E-state index in [-0.39, 0.29) is 5.69 Å². The number of nitrogens with zero attached hydrogens (tertiary/aromatic N) is 3. The predicted octanol–water partition coefficient (Wildman–Crippen LogP) is 2.27. The molecule has 1 aliphatic rings. The topological polar surface area (TPSA) is 71.3 Å². The zero-order chi connectivity index (χ0) is 14.5. The highest BCUT2D eigenvalue weighted by molar-refractivity contribution is 5.50. The van der Waals surface area contributed by atoms with E-state index in [4.69, 9.17) is 0 Å². The Balaban J connectivity index is 2.12. The quantitative estimate of drug-likeness (QED) is 0.661. The van der Waals surface area contributed by atoms with Crippen LogP contribution in [0, 0.1) is 17.0 Å². The number of piperidine rings is 1. The second-order valence-electron chi connectivity index (χ2n) is 5.28. The maximum absolute atomic E-state index is 10.8. The highest BCUT2D eigenvalue weighted by atomic mass is 16.6. The molecular formula is C14H22N4O2. The summed E-state index contributed by atoms with van der Waals surface area (Å²) in [7, 11) is 0. The first-order valence-electron chi connectivity index (χ1n) is 7.21. The maximum Gasteiger partial charge on any atom is 0.287 e. The lowest BCUT2D eigenvalue weighted by Gasteiger charge is -2.31. The lowest BCUT2D eigenvalue weighted by atomic mass is 10.0. The molecule has 1 N–H and O–H groups in total. The molecule has 6 heteroatoms. The van der Waals surface area contributed by atoms with E-state index in [0.717, 1.165) is 31.0 Å². The molecule has 0 aromatic carbocycles. The number of nitro groups is 1. The average Bonchev–Trinajstić information content (AvgIpc) is 2.46. The lowest BCUT2D eigenvalue weighted by Crippen LogP contribution is -2.44. The zero-order valence-electron chi connectivity index (χ0n) is 12.1. The Morgan fingerprint density at radius 1 is 1.55 bits per heavy atom. The van der Waals surface area contributed by atoms with Gasteiger partial charge in [0.15, 0.2) is 0 Å². The Labute approximate surface area is 119 Å². The van der Waals surface area contributed by atoms with E-state index in [9.17, 15) is 10.1 Å². The summed E-state index contributed by atoms with van der Waals surface area (Å²) in [5.41, 5.74) is 0.912. The van der Waals surface area contributed by atoms with E-state index in [1.54, 1.807) is 6.07 Å². The number of aryl methyl sites for hydroxylation is 1. The van der Waals surface area contributed by atoms with Gasteiger partial charge >= 0.3 is 0 Å². The second kappa shape index (κ2) is 6.65. The van der Waals surface area contributed by atoms with Gasteiger partial charge in [-0.25, -0.2) is 4.98 Å². The monoisotopic (exact) mass is 278 g/mol. The predicted molar refractivity (Wildman–Crippen MR) is 79.2 cm³/mol. The van der Waals surface area contributed by atoms with Crippen molar-refractivity contribution in [3.8, 4) is 0 Å². The summed E-state index contributed by atoms with van der Waals surface area (Å²) in [6, 6.07) is 2.08. The number of likely N-dealkylation sites (N-methyl/N-ethyl adjacent to an activating group) is 1. The molecule has 1 fully saturated rings. The third kappa shape index (κ3) is 3.45. The van der Waals surface area contributed by atoms with Gasteiger partial charge in [-0.2, -0.15) is 0 Å². The fourth-order valence-electron chi connectivity index (χ4n) is 2.69. The van der Waals surface area contributed by atoms with Crippen molar-refractivity contribution < 1.29 is 4.92 Å². The molecule has 2 rings (SSSR count). The van der Waals surface area contributed by atoms with Gasteiger partial charge in [-0.1, -0.05) is 6.42 Å². The third-order valence-corrected chi connectivity index (χ3v) is 3.78. The first-order valence-corrected chi connectivity index (χ1v) is 7.21. The van der Waals surface area contributed by atoms with Crippen molar-refractivity contribution >= 4 is 11.5 Å². The summed E-state index contributed by atoms with van der Waals surface area (Å²) < 4.78 is 0. The normalized spacial score (nSPS) is 18.8. The van der Waals surface area contributed by atoms with Crippen LogP contribution in [0.25, 0.3) is 0 Å². The van der Waals surface area contributed by atoms with Gasteiger partial charge in [-0.05, 0) is 38.8 Å². The molecule has 0 saturated carbocycles. The zero-order valence-corrected chi connectivity index (χ0v) is 12.1. The molecule has 0 radical (unpaired) electrons. The Morgan fingerprint density at radius 2 is 2.35 bits per heavy atom. The van der Waals surface area contributed by atoms with Crippen LogP contribution in [0.3, 0.4) is 0 Å². The lowest BCUT2D eigenvalue weighted by molar-refractivity contribution is -0.385. The summed E-state index contributed by atoms with van der Waals surface area (Å²) in [6.07, 6.45) is 5.04. The summed E-state index contributed by atoms with van der Waals surface area (Å²) in [6.45, 7) is 6.80. The highest BCUT2D eigenvalue weighted by Crippen LogP contribution is 2.22. The van der Waals surface area contributed by atoms with Crippen LogP contribution < -0.4 is 10.2 Å². The fraction of sp³-hybridized carbons (Fsp3) is 0.643. The van der Waals surface area contributed by atoms with Gasteiger partial charge in [0.2, 0.25) is 0 Å². The molecule has 1 aliphatic heterocycles. The number of anilines is 1. The molecule has 1 aromatic heterocycles. The number of aromatic nitrogens is 1. The first kappa shape index (κ1) is 14.7. The average molecular weight is 278 g/mol. The van der Waals surface area contributed by atoms with Gasteiger partial charge in [0, 0.05) is 25.2 Å². The summed E-state index contributed by atoms with van der Waals surface area (Å²) >= 11 is 0. The van der Waals surface area contributed by atoms with E-state index in [0.29, 0.717) is 6.04 Å². The highest BCUT2D eigenvalue weighted by Gasteiger charge is 2.19. The molecule has 6 nitrogen and oxygen atoms in total. The van der Waals surface area contributed by atoms with Gasteiger partial charge in [0.05, 0.1) is 4.92 Å². The van der Waals surface area contributed by atoms with Gasteiger partial charge in [0.1, 0.15) is 12.0 Å². The Hall–Kier alpha value is -1.69. The number of rotatable bonds is 5. The number of nitrogens with one attached hydrogen (secondary N) is 1. The summed E-state index contributed by atoms with van der Waals surface area (Å²) in [5.74, 6) is 0.852.